The highest BCUT2D eigenvalue weighted by molar-refractivity contribution is 5.93. The Morgan fingerprint density at radius 2 is 2.28 bits per heavy atom. The lowest BCUT2D eigenvalue weighted by molar-refractivity contribution is 0.197. The van der Waals surface area contributed by atoms with Gasteiger partial charge in [-0.05, 0) is 23.8 Å². The van der Waals surface area contributed by atoms with E-state index in [2.05, 4.69) is 20.6 Å². The highest BCUT2D eigenvalue weighted by Crippen LogP contribution is 2.25. The van der Waals surface area contributed by atoms with Crippen LogP contribution < -0.4 is 0 Å². The van der Waals surface area contributed by atoms with Gasteiger partial charge >= 0.3 is 6.09 Å². The molecule has 1 aromatic carbocycles. The van der Waals surface area contributed by atoms with Gasteiger partial charge in [-0.2, -0.15) is 5.21 Å². The highest BCUT2D eigenvalue weighted by atomic mass is 16.4. The fraction of sp³-hybridized carbons (Fsp3) is 0.0909. The van der Waals surface area contributed by atoms with Gasteiger partial charge in [-0.25, -0.2) is 4.79 Å². The molecule has 2 N–H and O–H groups in total. The molecule has 2 aromatic heterocycles. The summed E-state index contributed by atoms with van der Waals surface area (Å²) in [6.07, 6.45) is 0.575. The Bertz CT molecular complexity index is 729. The molecule has 0 radical (unpaired) electrons. The zero-order valence-corrected chi connectivity index (χ0v) is 9.45. The molecule has 7 heteroatoms. The molecular formula is C11H9N5O2. The van der Waals surface area contributed by atoms with Crippen LogP contribution in [-0.4, -0.2) is 36.4 Å². The third-order valence-corrected chi connectivity index (χ3v) is 2.81. The van der Waals surface area contributed by atoms with E-state index in [0.717, 1.165) is 16.5 Å². The van der Waals surface area contributed by atoms with Crippen LogP contribution in [0.3, 0.4) is 0 Å². The van der Waals surface area contributed by atoms with Gasteiger partial charge in [0.25, 0.3) is 0 Å². The largest absolute Gasteiger partial charge is 0.464 e. The number of nitrogens with one attached hydrogen (secondary N) is 1. The number of H-pyrrole nitrogens is 1. The van der Waals surface area contributed by atoms with E-state index in [0.29, 0.717) is 11.3 Å². The van der Waals surface area contributed by atoms with Gasteiger partial charge < -0.3 is 5.11 Å². The first-order chi connectivity index (χ1) is 8.66. The molecule has 0 amide bonds. The average Bonchev–Trinajstić information content (AvgIpc) is 2.97. The number of aromatic amines is 1. The smallest absolute Gasteiger partial charge is 0.416 e. The maximum atomic E-state index is 11.1. The van der Waals surface area contributed by atoms with Gasteiger partial charge in [-0.1, -0.05) is 12.1 Å². The van der Waals surface area contributed by atoms with Gasteiger partial charge in [-0.15, -0.1) is 10.2 Å². The molecule has 3 aromatic rings. The number of tetrazole rings is 1. The van der Waals surface area contributed by atoms with Crippen molar-refractivity contribution >= 4 is 17.0 Å². The molecule has 3 rings (SSSR count). The summed E-state index contributed by atoms with van der Waals surface area (Å²) in [5, 5.41) is 23.6. The minimum absolute atomic E-state index is 0.438. The molecule has 0 saturated carbocycles. The Kier molecular flexibility index (Phi) is 2.12. The highest BCUT2D eigenvalue weighted by Gasteiger charge is 2.12. The van der Waals surface area contributed by atoms with E-state index in [-0.39, 0.29) is 0 Å². The molecule has 0 aliphatic heterocycles. The van der Waals surface area contributed by atoms with Crippen LogP contribution in [0.5, 0.6) is 0 Å². The Labute approximate surface area is 101 Å². The summed E-state index contributed by atoms with van der Waals surface area (Å²) < 4.78 is 1.19. The lowest BCUT2D eigenvalue weighted by Crippen LogP contribution is -2.05. The number of nitrogens with zero attached hydrogens (tertiary/aromatic N) is 4. The molecule has 0 aliphatic rings. The summed E-state index contributed by atoms with van der Waals surface area (Å²) in [5.41, 5.74) is 2.24. The van der Waals surface area contributed by atoms with Crippen molar-refractivity contribution in [3.63, 3.8) is 0 Å². The second-order valence-corrected chi connectivity index (χ2v) is 3.93. The SMILES string of the molecule is Cc1cn(C(=O)O)c2cc(-c3nn[nH]n3)ccc12. The fourth-order valence-electron chi connectivity index (χ4n) is 1.98. The van der Waals surface area contributed by atoms with Crippen LogP contribution in [0.25, 0.3) is 22.3 Å². The summed E-state index contributed by atoms with van der Waals surface area (Å²) in [4.78, 5) is 11.1. The van der Waals surface area contributed by atoms with E-state index in [1.54, 1.807) is 12.3 Å². The van der Waals surface area contributed by atoms with Crippen molar-refractivity contribution in [3.8, 4) is 11.4 Å². The predicted octanol–water partition coefficient (Wildman–Crippen LogP) is 1.66. The molecule has 0 unspecified atom stereocenters. The molecule has 0 saturated heterocycles. The van der Waals surface area contributed by atoms with E-state index < -0.39 is 6.09 Å². The van der Waals surface area contributed by atoms with E-state index in [1.165, 1.54) is 4.57 Å². The minimum atomic E-state index is -1.02. The van der Waals surface area contributed by atoms with Crippen molar-refractivity contribution in [1.29, 1.82) is 0 Å². The first kappa shape index (κ1) is 10.5. The number of hydrogen-bond donors (Lipinski definition) is 2. The number of hydrogen-bond acceptors (Lipinski definition) is 4. The summed E-state index contributed by atoms with van der Waals surface area (Å²) in [6.45, 7) is 1.87. The molecule has 0 bridgehead atoms. The number of carbonyl (C=O) groups is 1. The number of fused-ring (bicyclic) bond motifs is 1. The second-order valence-electron chi connectivity index (χ2n) is 3.93. The average molecular weight is 243 g/mol. The number of benzene rings is 1. The van der Waals surface area contributed by atoms with Gasteiger partial charge in [0.15, 0.2) is 0 Å². The molecule has 0 aliphatic carbocycles. The van der Waals surface area contributed by atoms with E-state index >= 15 is 0 Å². The molecule has 0 fully saturated rings. The molecular weight excluding hydrogens is 234 g/mol. The Morgan fingerprint density at radius 3 is 2.94 bits per heavy atom. The lowest BCUT2D eigenvalue weighted by Gasteiger charge is -1.99. The predicted molar refractivity (Wildman–Crippen MR) is 63.3 cm³/mol. The van der Waals surface area contributed by atoms with Crippen LogP contribution in [0.2, 0.25) is 0 Å². The summed E-state index contributed by atoms with van der Waals surface area (Å²) in [6, 6.07) is 5.43. The fourth-order valence-corrected chi connectivity index (χ4v) is 1.98. The first-order valence-corrected chi connectivity index (χ1v) is 5.25. The van der Waals surface area contributed by atoms with Gasteiger partial charge in [0.05, 0.1) is 5.52 Å². The van der Waals surface area contributed by atoms with Gasteiger partial charge in [-0.3, -0.25) is 4.57 Å². The number of aryl methyl sites for hydroxylation is 1. The molecule has 2 heterocycles. The third kappa shape index (κ3) is 1.45. The number of carboxylic acid groups (broad SMARTS) is 1. The summed E-state index contributed by atoms with van der Waals surface area (Å²) in [5.74, 6) is 0.438. The molecule has 90 valence electrons. The minimum Gasteiger partial charge on any atom is -0.464 e. The maximum absolute atomic E-state index is 11.1. The van der Waals surface area contributed by atoms with E-state index in [4.69, 9.17) is 5.11 Å². The summed E-state index contributed by atoms with van der Waals surface area (Å²) in [7, 11) is 0. The van der Waals surface area contributed by atoms with Crippen LogP contribution in [-0.2, 0) is 0 Å². The van der Waals surface area contributed by atoms with Crippen molar-refractivity contribution in [3.05, 3.63) is 30.0 Å². The van der Waals surface area contributed by atoms with Crippen molar-refractivity contribution in [2.75, 3.05) is 0 Å². The van der Waals surface area contributed by atoms with Crippen molar-refractivity contribution < 1.29 is 9.90 Å². The second kappa shape index (κ2) is 3.66. The van der Waals surface area contributed by atoms with Crippen LogP contribution in [0.15, 0.2) is 24.4 Å². The normalized spacial score (nSPS) is 10.9. The van der Waals surface area contributed by atoms with Crippen LogP contribution in [0.4, 0.5) is 4.79 Å². The van der Waals surface area contributed by atoms with Crippen molar-refractivity contribution in [2.24, 2.45) is 0 Å². The van der Waals surface area contributed by atoms with Crippen LogP contribution in [0, 0.1) is 6.92 Å². The van der Waals surface area contributed by atoms with Gasteiger partial charge in [0.2, 0.25) is 5.82 Å². The molecule has 7 nitrogen and oxygen atoms in total. The Balaban J connectivity index is 2.28. The quantitative estimate of drug-likeness (QED) is 0.677. The lowest BCUT2D eigenvalue weighted by atomic mass is 10.1. The van der Waals surface area contributed by atoms with Crippen molar-refractivity contribution in [2.45, 2.75) is 6.92 Å². The van der Waals surface area contributed by atoms with E-state index in [1.807, 2.05) is 19.1 Å². The molecule has 0 atom stereocenters. The molecule has 0 spiro atoms. The molecule has 18 heavy (non-hydrogen) atoms. The topological polar surface area (TPSA) is 96.7 Å². The van der Waals surface area contributed by atoms with E-state index in [9.17, 15) is 4.79 Å². The summed E-state index contributed by atoms with van der Waals surface area (Å²) >= 11 is 0. The zero-order chi connectivity index (χ0) is 12.7. The van der Waals surface area contributed by atoms with Crippen LogP contribution in [0.1, 0.15) is 5.56 Å². The Morgan fingerprint density at radius 1 is 1.44 bits per heavy atom. The number of aromatic nitrogens is 5. The Hall–Kier alpha value is -2.70. The number of rotatable bonds is 1. The standard InChI is InChI=1S/C11H9N5O2/c1-6-5-16(11(17)18)9-4-7(2-3-8(6)9)10-12-14-15-13-10/h2-5H,1H3,(H,17,18)(H,12,13,14,15). The van der Waals surface area contributed by atoms with Gasteiger partial charge in [0, 0.05) is 17.1 Å². The van der Waals surface area contributed by atoms with Gasteiger partial charge in [0.1, 0.15) is 0 Å². The monoisotopic (exact) mass is 243 g/mol. The first-order valence-electron chi connectivity index (χ1n) is 5.25. The van der Waals surface area contributed by atoms with Crippen LogP contribution >= 0.6 is 0 Å². The third-order valence-electron chi connectivity index (χ3n) is 2.81. The maximum Gasteiger partial charge on any atom is 0.416 e. The zero-order valence-electron chi connectivity index (χ0n) is 9.45. The van der Waals surface area contributed by atoms with Crippen molar-refractivity contribution in [1.82, 2.24) is 25.2 Å².